The number of anilines is 2. The van der Waals surface area contributed by atoms with Gasteiger partial charge in [-0.1, -0.05) is 25.8 Å². The van der Waals surface area contributed by atoms with E-state index in [1.54, 1.807) is 36.4 Å². The summed E-state index contributed by atoms with van der Waals surface area (Å²) in [5.41, 5.74) is 8.52. The maximum atomic E-state index is 12.3. The molecule has 2 aromatic carbocycles. The van der Waals surface area contributed by atoms with Crippen LogP contribution in [0.4, 0.5) is 11.4 Å². The van der Waals surface area contributed by atoms with Crippen LogP contribution in [0.25, 0.3) is 0 Å². The lowest BCUT2D eigenvalue weighted by molar-refractivity contribution is -0.116. The molecule has 0 aromatic heterocycles. The van der Waals surface area contributed by atoms with E-state index < -0.39 is 0 Å². The van der Waals surface area contributed by atoms with Gasteiger partial charge in [0, 0.05) is 29.8 Å². The van der Waals surface area contributed by atoms with Gasteiger partial charge < -0.3 is 15.8 Å². The van der Waals surface area contributed by atoms with Crippen LogP contribution in [0, 0.1) is 6.92 Å². The van der Waals surface area contributed by atoms with E-state index in [0.717, 1.165) is 30.6 Å². The Morgan fingerprint density at radius 3 is 2.48 bits per heavy atom. The third-order valence-corrected chi connectivity index (χ3v) is 4.31. The minimum atomic E-state index is -0.201. The average molecular weight is 368 g/mol. The van der Waals surface area contributed by atoms with Gasteiger partial charge in [-0.05, 0) is 55.3 Å². The van der Waals surface area contributed by atoms with Gasteiger partial charge in [0.05, 0.1) is 6.61 Å². The molecular formula is C22H28N2O3. The van der Waals surface area contributed by atoms with E-state index in [1.165, 1.54) is 0 Å². The van der Waals surface area contributed by atoms with Crippen molar-refractivity contribution in [2.75, 3.05) is 17.7 Å². The highest BCUT2D eigenvalue weighted by atomic mass is 16.5. The number of carbonyl (C=O) groups excluding carboxylic acids is 2. The van der Waals surface area contributed by atoms with Crippen LogP contribution in [0.2, 0.25) is 0 Å². The fourth-order valence-corrected chi connectivity index (χ4v) is 2.64. The molecule has 2 rings (SSSR count). The monoisotopic (exact) mass is 368 g/mol. The van der Waals surface area contributed by atoms with Crippen LogP contribution in [0.1, 0.15) is 54.9 Å². The fourth-order valence-electron chi connectivity index (χ4n) is 2.64. The van der Waals surface area contributed by atoms with Gasteiger partial charge in [0.1, 0.15) is 5.75 Å². The van der Waals surface area contributed by atoms with E-state index in [2.05, 4.69) is 12.2 Å². The lowest BCUT2D eigenvalue weighted by atomic mass is 10.1. The number of Topliss-reactive ketones (excluding diaryl/α,β-unsaturated/α-hetero) is 1. The predicted octanol–water partition coefficient (Wildman–Crippen LogP) is 4.75. The molecule has 5 heteroatoms. The smallest absolute Gasteiger partial charge is 0.224 e. The molecule has 0 fully saturated rings. The summed E-state index contributed by atoms with van der Waals surface area (Å²) in [6, 6.07) is 12.4. The normalized spacial score (nSPS) is 10.4. The van der Waals surface area contributed by atoms with Crippen LogP contribution in [0.3, 0.4) is 0 Å². The number of ketones is 1. The first-order valence-electron chi connectivity index (χ1n) is 9.41. The molecule has 0 heterocycles. The van der Waals surface area contributed by atoms with Crippen LogP contribution in [0.15, 0.2) is 42.5 Å². The van der Waals surface area contributed by atoms with E-state index in [4.69, 9.17) is 10.5 Å². The summed E-state index contributed by atoms with van der Waals surface area (Å²) in [6.07, 6.45) is 3.61. The van der Waals surface area contributed by atoms with Crippen molar-refractivity contribution in [3.05, 3.63) is 53.6 Å². The zero-order valence-corrected chi connectivity index (χ0v) is 16.1. The second-order valence-electron chi connectivity index (χ2n) is 6.63. The molecular weight excluding hydrogens is 340 g/mol. The molecule has 0 radical (unpaired) electrons. The van der Waals surface area contributed by atoms with Gasteiger partial charge in [0.25, 0.3) is 0 Å². The van der Waals surface area contributed by atoms with E-state index in [-0.39, 0.29) is 24.5 Å². The minimum absolute atomic E-state index is 0.0630. The summed E-state index contributed by atoms with van der Waals surface area (Å²) >= 11 is 0. The van der Waals surface area contributed by atoms with Crippen molar-refractivity contribution >= 4 is 23.1 Å². The summed E-state index contributed by atoms with van der Waals surface area (Å²) in [7, 11) is 0. The predicted molar refractivity (Wildman–Crippen MR) is 109 cm³/mol. The number of unbranched alkanes of at least 4 members (excludes halogenated alkanes) is 2. The number of benzene rings is 2. The van der Waals surface area contributed by atoms with Gasteiger partial charge in [0.15, 0.2) is 5.78 Å². The quantitative estimate of drug-likeness (QED) is 0.360. The number of nitrogen functional groups attached to an aromatic ring is 1. The van der Waals surface area contributed by atoms with Gasteiger partial charge in [-0.3, -0.25) is 9.59 Å². The van der Waals surface area contributed by atoms with Gasteiger partial charge in [-0.25, -0.2) is 0 Å². The lowest BCUT2D eigenvalue weighted by Crippen LogP contribution is -2.14. The van der Waals surface area contributed by atoms with E-state index in [0.29, 0.717) is 23.5 Å². The molecule has 2 aromatic rings. The minimum Gasteiger partial charge on any atom is -0.494 e. The average Bonchev–Trinajstić information content (AvgIpc) is 2.67. The molecule has 0 saturated heterocycles. The van der Waals surface area contributed by atoms with Crippen molar-refractivity contribution in [1.29, 1.82) is 0 Å². The molecule has 0 aliphatic rings. The molecule has 0 unspecified atom stereocenters. The van der Waals surface area contributed by atoms with E-state index in [1.807, 2.05) is 13.0 Å². The first kappa shape index (κ1) is 20.5. The Bertz CT molecular complexity index is 770. The molecule has 0 aliphatic heterocycles. The van der Waals surface area contributed by atoms with Crippen LogP contribution >= 0.6 is 0 Å². The number of rotatable bonds is 10. The molecule has 0 atom stereocenters. The summed E-state index contributed by atoms with van der Waals surface area (Å²) in [4.78, 5) is 24.4. The number of nitrogens with two attached hydrogens (primary N) is 1. The molecule has 0 bridgehead atoms. The van der Waals surface area contributed by atoms with Crippen molar-refractivity contribution in [1.82, 2.24) is 0 Å². The molecule has 0 aliphatic carbocycles. The van der Waals surface area contributed by atoms with Gasteiger partial charge in [0.2, 0.25) is 5.91 Å². The second kappa shape index (κ2) is 10.4. The number of ether oxygens (including phenoxy) is 1. The third-order valence-electron chi connectivity index (χ3n) is 4.31. The summed E-state index contributed by atoms with van der Waals surface area (Å²) in [5, 5.41) is 2.81. The largest absolute Gasteiger partial charge is 0.494 e. The van der Waals surface area contributed by atoms with Crippen molar-refractivity contribution in [3.63, 3.8) is 0 Å². The summed E-state index contributed by atoms with van der Waals surface area (Å²) in [5.74, 6) is 0.498. The topological polar surface area (TPSA) is 81.4 Å². The highest BCUT2D eigenvalue weighted by Crippen LogP contribution is 2.19. The van der Waals surface area contributed by atoms with E-state index in [9.17, 15) is 9.59 Å². The highest BCUT2D eigenvalue weighted by molar-refractivity contribution is 6.00. The first-order valence-corrected chi connectivity index (χ1v) is 9.41. The maximum absolute atomic E-state index is 12.3. The third kappa shape index (κ3) is 6.77. The number of hydrogen-bond acceptors (Lipinski definition) is 4. The molecule has 0 spiro atoms. The number of hydrogen-bond donors (Lipinski definition) is 2. The zero-order valence-electron chi connectivity index (χ0n) is 16.1. The SMILES string of the molecule is CCCCCOc1ccc(C(=O)CCC(=O)Nc2cc(N)ccc2C)cc1. The number of amides is 1. The Labute approximate surface area is 160 Å². The zero-order chi connectivity index (χ0) is 19.6. The van der Waals surface area contributed by atoms with Crippen molar-refractivity contribution in [2.24, 2.45) is 0 Å². The van der Waals surface area contributed by atoms with Crippen molar-refractivity contribution < 1.29 is 14.3 Å². The van der Waals surface area contributed by atoms with Crippen molar-refractivity contribution in [2.45, 2.75) is 46.0 Å². The summed E-state index contributed by atoms with van der Waals surface area (Å²) < 4.78 is 5.64. The van der Waals surface area contributed by atoms with Crippen LogP contribution < -0.4 is 15.8 Å². The Kier molecular flexibility index (Phi) is 7.86. The van der Waals surface area contributed by atoms with Gasteiger partial charge in [-0.2, -0.15) is 0 Å². The number of aryl methyl sites for hydroxylation is 1. The fraction of sp³-hybridized carbons (Fsp3) is 0.364. The lowest BCUT2D eigenvalue weighted by Gasteiger charge is -2.09. The van der Waals surface area contributed by atoms with Gasteiger partial charge in [-0.15, -0.1) is 0 Å². The molecule has 144 valence electrons. The molecule has 1 amide bonds. The Balaban J connectivity index is 1.80. The standard InChI is InChI=1S/C22H28N2O3/c1-3-4-5-14-27-19-10-7-17(8-11-19)21(25)12-13-22(26)24-20-15-18(23)9-6-16(20)2/h6-11,15H,3-5,12-14,23H2,1-2H3,(H,24,26). The van der Waals surface area contributed by atoms with Crippen LogP contribution in [-0.4, -0.2) is 18.3 Å². The second-order valence-corrected chi connectivity index (χ2v) is 6.63. The maximum Gasteiger partial charge on any atom is 0.224 e. The Hall–Kier alpha value is -2.82. The highest BCUT2D eigenvalue weighted by Gasteiger charge is 2.11. The molecule has 27 heavy (non-hydrogen) atoms. The van der Waals surface area contributed by atoms with Crippen LogP contribution in [0.5, 0.6) is 5.75 Å². The molecule has 3 N–H and O–H groups in total. The Morgan fingerprint density at radius 2 is 1.78 bits per heavy atom. The molecule has 5 nitrogen and oxygen atoms in total. The number of carbonyl (C=O) groups is 2. The first-order chi connectivity index (χ1) is 13.0. The Morgan fingerprint density at radius 1 is 1.04 bits per heavy atom. The summed E-state index contributed by atoms with van der Waals surface area (Å²) in [6.45, 7) is 4.73. The number of nitrogens with one attached hydrogen (secondary N) is 1. The van der Waals surface area contributed by atoms with E-state index >= 15 is 0 Å². The van der Waals surface area contributed by atoms with Crippen molar-refractivity contribution in [3.8, 4) is 5.75 Å². The van der Waals surface area contributed by atoms with Gasteiger partial charge >= 0.3 is 0 Å². The van der Waals surface area contributed by atoms with Crippen LogP contribution in [-0.2, 0) is 4.79 Å². The molecule has 0 saturated carbocycles.